The summed E-state index contributed by atoms with van der Waals surface area (Å²) in [4.78, 5) is 37.0. The Balaban J connectivity index is 2.04. The van der Waals surface area contributed by atoms with Gasteiger partial charge < -0.3 is 5.32 Å². The lowest BCUT2D eigenvalue weighted by atomic mass is 10.0. The molecule has 3 amide bonds. The van der Waals surface area contributed by atoms with Crippen LogP contribution in [0.25, 0.3) is 0 Å². The summed E-state index contributed by atoms with van der Waals surface area (Å²) < 4.78 is 0. The van der Waals surface area contributed by atoms with Gasteiger partial charge in [0.1, 0.15) is 6.54 Å². The van der Waals surface area contributed by atoms with E-state index < -0.39 is 17.4 Å². The quantitative estimate of drug-likeness (QED) is 0.802. The maximum Gasteiger partial charge on any atom is 0.249 e. The van der Waals surface area contributed by atoms with Crippen molar-refractivity contribution >= 4 is 23.4 Å². The summed E-state index contributed by atoms with van der Waals surface area (Å²) >= 11 is 0. The number of nitrogens with one attached hydrogen (secondary N) is 2. The number of imide groups is 1. The summed E-state index contributed by atoms with van der Waals surface area (Å²) in [5.74, 6) is -1.17. The van der Waals surface area contributed by atoms with Gasteiger partial charge in [-0.25, -0.2) is 0 Å². The highest BCUT2D eigenvalue weighted by Gasteiger charge is 2.40. The lowest BCUT2D eigenvalue weighted by molar-refractivity contribution is -0.154. The van der Waals surface area contributed by atoms with Gasteiger partial charge in [-0.05, 0) is 38.5 Å². The molecular weight excluding hydrogens is 270 g/mol. The number of hydrogen-bond donors (Lipinski definition) is 2. The molecule has 6 nitrogen and oxygen atoms in total. The van der Waals surface area contributed by atoms with Gasteiger partial charge >= 0.3 is 0 Å². The molecule has 1 fully saturated rings. The fraction of sp³-hybridized carbons (Fsp3) is 0.400. The minimum absolute atomic E-state index is 0.0520. The van der Waals surface area contributed by atoms with E-state index in [9.17, 15) is 14.4 Å². The maximum absolute atomic E-state index is 12.2. The van der Waals surface area contributed by atoms with Crippen LogP contribution in [0.3, 0.4) is 0 Å². The number of anilines is 1. The molecule has 2 N–H and O–H groups in total. The van der Waals surface area contributed by atoms with Crippen LogP contribution in [0.2, 0.25) is 0 Å². The third-order valence-electron chi connectivity index (χ3n) is 3.37. The van der Waals surface area contributed by atoms with Crippen LogP contribution in [0.1, 0.15) is 19.4 Å². The van der Waals surface area contributed by atoms with Crippen molar-refractivity contribution in [1.29, 1.82) is 0 Å². The van der Waals surface area contributed by atoms with Crippen molar-refractivity contribution < 1.29 is 14.4 Å². The number of piperazine rings is 1. The first-order valence-corrected chi connectivity index (χ1v) is 6.76. The Bertz CT molecular complexity index is 596. The second-order valence-corrected chi connectivity index (χ2v) is 5.68. The van der Waals surface area contributed by atoms with E-state index in [2.05, 4.69) is 10.6 Å². The number of amides is 3. The van der Waals surface area contributed by atoms with Crippen LogP contribution in [0.4, 0.5) is 5.69 Å². The smallest absolute Gasteiger partial charge is 0.249 e. The van der Waals surface area contributed by atoms with Gasteiger partial charge in [0.25, 0.3) is 0 Å². The van der Waals surface area contributed by atoms with Gasteiger partial charge in [-0.3, -0.25) is 24.6 Å². The third kappa shape index (κ3) is 3.46. The molecule has 0 aliphatic carbocycles. The highest BCUT2D eigenvalue weighted by Crippen LogP contribution is 2.14. The first-order chi connectivity index (χ1) is 9.79. The molecule has 1 aromatic rings. The van der Waals surface area contributed by atoms with Gasteiger partial charge in [-0.1, -0.05) is 12.1 Å². The summed E-state index contributed by atoms with van der Waals surface area (Å²) in [6.45, 7) is 5.08. The molecule has 0 bridgehead atoms. The van der Waals surface area contributed by atoms with E-state index in [-0.39, 0.29) is 19.0 Å². The Labute approximate surface area is 123 Å². The number of carbonyl (C=O) groups is 3. The van der Waals surface area contributed by atoms with Crippen LogP contribution in [0.15, 0.2) is 24.3 Å². The molecule has 0 atom stereocenters. The minimum Gasteiger partial charge on any atom is -0.325 e. The monoisotopic (exact) mass is 289 g/mol. The summed E-state index contributed by atoms with van der Waals surface area (Å²) in [6, 6.07) is 7.33. The van der Waals surface area contributed by atoms with Crippen molar-refractivity contribution in [2.24, 2.45) is 0 Å². The SMILES string of the molecule is Cc1cccc(NC(=O)CN2C(=O)CNC(C)(C)C2=O)c1. The summed E-state index contributed by atoms with van der Waals surface area (Å²) in [5.41, 5.74) is 0.829. The fourth-order valence-corrected chi connectivity index (χ4v) is 2.15. The standard InChI is InChI=1S/C15H19N3O3/c1-10-5-4-6-11(7-10)17-12(19)9-18-13(20)8-16-15(2,3)14(18)21/h4-7,16H,8-9H2,1-3H3,(H,17,19). The number of rotatable bonds is 3. The summed E-state index contributed by atoms with van der Waals surface area (Å²) in [5, 5.41) is 5.54. The van der Waals surface area contributed by atoms with Crippen molar-refractivity contribution in [2.45, 2.75) is 26.3 Å². The Morgan fingerprint density at radius 3 is 2.76 bits per heavy atom. The van der Waals surface area contributed by atoms with Crippen LogP contribution in [-0.2, 0) is 14.4 Å². The molecule has 21 heavy (non-hydrogen) atoms. The largest absolute Gasteiger partial charge is 0.325 e. The zero-order valence-corrected chi connectivity index (χ0v) is 12.4. The Kier molecular flexibility index (Phi) is 4.09. The van der Waals surface area contributed by atoms with Crippen molar-refractivity contribution in [3.63, 3.8) is 0 Å². The number of benzene rings is 1. The molecule has 1 heterocycles. The lowest BCUT2D eigenvalue weighted by Gasteiger charge is -2.36. The van der Waals surface area contributed by atoms with Crippen molar-refractivity contribution in [3.8, 4) is 0 Å². The van der Waals surface area contributed by atoms with E-state index >= 15 is 0 Å². The molecule has 0 spiro atoms. The number of aryl methyl sites for hydroxylation is 1. The molecule has 1 saturated heterocycles. The average molecular weight is 289 g/mol. The van der Waals surface area contributed by atoms with Crippen molar-refractivity contribution in [1.82, 2.24) is 10.2 Å². The molecule has 0 saturated carbocycles. The molecule has 6 heteroatoms. The zero-order chi connectivity index (χ0) is 15.6. The van der Waals surface area contributed by atoms with E-state index in [4.69, 9.17) is 0 Å². The predicted octanol–water partition coefficient (Wildman–Crippen LogP) is 0.671. The first-order valence-electron chi connectivity index (χ1n) is 6.76. The molecule has 2 rings (SSSR count). The number of hydrogen-bond acceptors (Lipinski definition) is 4. The summed E-state index contributed by atoms with van der Waals surface area (Å²) in [7, 11) is 0. The Hall–Kier alpha value is -2.21. The second kappa shape index (κ2) is 5.65. The summed E-state index contributed by atoms with van der Waals surface area (Å²) in [6.07, 6.45) is 0. The molecule has 1 aliphatic rings. The molecule has 0 radical (unpaired) electrons. The van der Waals surface area contributed by atoms with Crippen LogP contribution in [0.5, 0.6) is 0 Å². The highest BCUT2D eigenvalue weighted by atomic mass is 16.2. The average Bonchev–Trinajstić information content (AvgIpc) is 2.40. The van der Waals surface area contributed by atoms with Gasteiger partial charge in [0.15, 0.2) is 0 Å². The Morgan fingerprint density at radius 2 is 2.10 bits per heavy atom. The maximum atomic E-state index is 12.2. The van der Waals surface area contributed by atoms with Crippen molar-refractivity contribution in [2.75, 3.05) is 18.4 Å². The predicted molar refractivity (Wildman–Crippen MR) is 78.6 cm³/mol. The minimum atomic E-state index is -0.836. The lowest BCUT2D eigenvalue weighted by Crippen LogP contribution is -2.64. The first kappa shape index (κ1) is 15.2. The zero-order valence-electron chi connectivity index (χ0n) is 12.4. The number of carbonyl (C=O) groups excluding carboxylic acids is 3. The van der Waals surface area contributed by atoms with Gasteiger partial charge in [-0.15, -0.1) is 0 Å². The van der Waals surface area contributed by atoms with E-state index in [1.165, 1.54) is 0 Å². The molecule has 1 aromatic carbocycles. The van der Waals surface area contributed by atoms with Gasteiger partial charge in [0.05, 0.1) is 12.1 Å². The van der Waals surface area contributed by atoms with Crippen LogP contribution < -0.4 is 10.6 Å². The van der Waals surface area contributed by atoms with Crippen molar-refractivity contribution in [3.05, 3.63) is 29.8 Å². The fourth-order valence-electron chi connectivity index (χ4n) is 2.15. The molecular formula is C15H19N3O3. The molecule has 0 unspecified atom stereocenters. The Morgan fingerprint density at radius 1 is 1.38 bits per heavy atom. The van der Waals surface area contributed by atoms with Crippen LogP contribution >= 0.6 is 0 Å². The molecule has 112 valence electrons. The van der Waals surface area contributed by atoms with Gasteiger partial charge in [0, 0.05) is 5.69 Å². The van der Waals surface area contributed by atoms with E-state index in [0.29, 0.717) is 5.69 Å². The van der Waals surface area contributed by atoms with Gasteiger partial charge in [0.2, 0.25) is 17.7 Å². The number of nitrogens with zero attached hydrogens (tertiary/aromatic N) is 1. The van der Waals surface area contributed by atoms with E-state index in [0.717, 1.165) is 10.5 Å². The second-order valence-electron chi connectivity index (χ2n) is 5.68. The van der Waals surface area contributed by atoms with E-state index in [1.54, 1.807) is 19.9 Å². The molecule has 1 aliphatic heterocycles. The van der Waals surface area contributed by atoms with Gasteiger partial charge in [-0.2, -0.15) is 0 Å². The topological polar surface area (TPSA) is 78.5 Å². The van der Waals surface area contributed by atoms with Crippen LogP contribution in [-0.4, -0.2) is 41.2 Å². The van der Waals surface area contributed by atoms with E-state index in [1.807, 2.05) is 25.1 Å². The third-order valence-corrected chi connectivity index (χ3v) is 3.37. The molecule has 0 aromatic heterocycles. The highest BCUT2D eigenvalue weighted by molar-refractivity contribution is 6.07. The normalized spacial score (nSPS) is 17.8. The van der Waals surface area contributed by atoms with Crippen LogP contribution in [0, 0.1) is 6.92 Å².